The maximum Gasteiger partial charge on any atom is 0.258 e. The van der Waals surface area contributed by atoms with E-state index in [0.717, 1.165) is 35.7 Å². The SMILES string of the molecule is CC1=CN2C(=NC1C)C(OCC1CCCC(C(C)C)C1)=Nc1ccc(Cl)cc12. The first-order valence-corrected chi connectivity index (χ1v) is 10.9. The zero-order chi connectivity index (χ0) is 19.8. The molecule has 1 aromatic carbocycles. The largest absolute Gasteiger partial charge is 0.475 e. The van der Waals surface area contributed by atoms with E-state index >= 15 is 0 Å². The second kappa shape index (κ2) is 7.90. The minimum Gasteiger partial charge on any atom is -0.475 e. The number of ether oxygens (including phenoxy) is 1. The third kappa shape index (κ3) is 3.84. The lowest BCUT2D eigenvalue weighted by molar-refractivity contribution is 0.149. The number of anilines is 1. The minimum absolute atomic E-state index is 0.126. The Balaban J connectivity index is 1.57. The van der Waals surface area contributed by atoms with Gasteiger partial charge in [0, 0.05) is 11.2 Å². The van der Waals surface area contributed by atoms with Crippen molar-refractivity contribution in [2.45, 2.75) is 59.4 Å². The van der Waals surface area contributed by atoms with Crippen molar-refractivity contribution in [1.82, 2.24) is 0 Å². The van der Waals surface area contributed by atoms with Gasteiger partial charge in [0.05, 0.1) is 24.0 Å². The van der Waals surface area contributed by atoms with Gasteiger partial charge in [-0.3, -0.25) is 9.89 Å². The monoisotopic (exact) mass is 399 g/mol. The van der Waals surface area contributed by atoms with Gasteiger partial charge in [-0.1, -0.05) is 38.3 Å². The number of benzene rings is 1. The second-order valence-corrected chi connectivity index (χ2v) is 9.21. The molecule has 0 saturated heterocycles. The molecule has 3 aliphatic rings. The Bertz CT molecular complexity index is 842. The number of aliphatic imine (C=N–C) groups is 2. The Hall–Kier alpha value is -1.81. The van der Waals surface area contributed by atoms with Gasteiger partial charge < -0.3 is 4.74 Å². The number of halogens is 1. The van der Waals surface area contributed by atoms with Crippen molar-refractivity contribution < 1.29 is 4.74 Å². The number of amidine groups is 1. The Kier molecular flexibility index (Phi) is 5.50. The average molecular weight is 400 g/mol. The van der Waals surface area contributed by atoms with Crippen LogP contribution in [-0.4, -0.2) is 24.4 Å². The van der Waals surface area contributed by atoms with E-state index in [4.69, 9.17) is 26.3 Å². The predicted octanol–water partition coefficient (Wildman–Crippen LogP) is 6.37. The van der Waals surface area contributed by atoms with Crippen LogP contribution in [0.3, 0.4) is 0 Å². The van der Waals surface area contributed by atoms with E-state index in [1.807, 2.05) is 18.2 Å². The standard InChI is InChI=1S/C23H30ClN3O/c1-14(2)18-7-5-6-17(10-18)13-28-23-22-25-16(4)15(3)12-27(22)21-11-19(24)8-9-20(21)26-23/h8-9,11-12,14,16-18H,5-7,10,13H2,1-4H3. The lowest BCUT2D eigenvalue weighted by atomic mass is 9.76. The summed E-state index contributed by atoms with van der Waals surface area (Å²) >= 11 is 6.24. The van der Waals surface area contributed by atoms with E-state index in [2.05, 4.69) is 38.8 Å². The van der Waals surface area contributed by atoms with E-state index < -0.39 is 0 Å². The Morgan fingerprint density at radius 2 is 2.11 bits per heavy atom. The van der Waals surface area contributed by atoms with E-state index in [1.54, 1.807) is 0 Å². The first kappa shape index (κ1) is 19.5. The summed E-state index contributed by atoms with van der Waals surface area (Å²) < 4.78 is 6.31. The average Bonchev–Trinajstić information content (AvgIpc) is 2.68. The second-order valence-electron chi connectivity index (χ2n) is 8.77. The summed E-state index contributed by atoms with van der Waals surface area (Å²) in [5.41, 5.74) is 3.05. The molecule has 1 aromatic rings. The molecule has 150 valence electrons. The van der Waals surface area contributed by atoms with Crippen LogP contribution >= 0.6 is 11.6 Å². The zero-order valence-electron chi connectivity index (χ0n) is 17.3. The molecule has 4 nitrogen and oxygen atoms in total. The molecule has 2 aliphatic heterocycles. The van der Waals surface area contributed by atoms with Gasteiger partial charge in [-0.2, -0.15) is 0 Å². The minimum atomic E-state index is 0.126. The van der Waals surface area contributed by atoms with Gasteiger partial charge in [0.1, 0.15) is 0 Å². The van der Waals surface area contributed by atoms with Crippen molar-refractivity contribution >= 4 is 34.7 Å². The molecule has 3 unspecified atom stereocenters. The van der Waals surface area contributed by atoms with Gasteiger partial charge in [0.15, 0.2) is 5.84 Å². The van der Waals surface area contributed by atoms with Crippen LogP contribution < -0.4 is 4.90 Å². The summed E-state index contributed by atoms with van der Waals surface area (Å²) in [7, 11) is 0. The van der Waals surface area contributed by atoms with E-state index in [1.165, 1.54) is 31.3 Å². The molecule has 5 heteroatoms. The van der Waals surface area contributed by atoms with Crippen LogP contribution in [0.4, 0.5) is 11.4 Å². The fourth-order valence-corrected chi connectivity index (χ4v) is 4.55. The summed E-state index contributed by atoms with van der Waals surface area (Å²) in [6.45, 7) is 9.61. The first-order chi connectivity index (χ1) is 13.4. The van der Waals surface area contributed by atoms with Crippen LogP contribution in [-0.2, 0) is 4.74 Å². The normalized spacial score (nSPS) is 26.9. The quantitative estimate of drug-likeness (QED) is 0.591. The zero-order valence-corrected chi connectivity index (χ0v) is 18.0. The summed E-state index contributed by atoms with van der Waals surface area (Å²) in [6.07, 6.45) is 7.29. The molecule has 0 aromatic heterocycles. The molecule has 1 aliphatic carbocycles. The smallest absolute Gasteiger partial charge is 0.258 e. The molecule has 2 heterocycles. The first-order valence-electron chi connectivity index (χ1n) is 10.5. The van der Waals surface area contributed by atoms with Crippen molar-refractivity contribution in [3.8, 4) is 0 Å². The fourth-order valence-electron chi connectivity index (χ4n) is 4.39. The number of hydrogen-bond acceptors (Lipinski definition) is 4. The van der Waals surface area contributed by atoms with E-state index in [-0.39, 0.29) is 6.04 Å². The molecule has 28 heavy (non-hydrogen) atoms. The maximum absolute atomic E-state index is 6.31. The molecule has 0 spiro atoms. The Labute approximate surface area is 173 Å². The lowest BCUT2D eigenvalue weighted by Gasteiger charge is -2.35. The van der Waals surface area contributed by atoms with Crippen molar-refractivity contribution in [3.05, 3.63) is 35.0 Å². The summed E-state index contributed by atoms with van der Waals surface area (Å²) in [4.78, 5) is 11.8. The van der Waals surface area contributed by atoms with Crippen LogP contribution in [0, 0.1) is 17.8 Å². The third-order valence-electron chi connectivity index (χ3n) is 6.37. The van der Waals surface area contributed by atoms with E-state index in [0.29, 0.717) is 16.8 Å². The van der Waals surface area contributed by atoms with Gasteiger partial charge >= 0.3 is 0 Å². The van der Waals surface area contributed by atoms with Crippen molar-refractivity contribution in [2.75, 3.05) is 11.5 Å². The van der Waals surface area contributed by atoms with E-state index in [9.17, 15) is 0 Å². The van der Waals surface area contributed by atoms with Gasteiger partial charge in [0.2, 0.25) is 0 Å². The van der Waals surface area contributed by atoms with Crippen LogP contribution in [0.5, 0.6) is 0 Å². The molecular weight excluding hydrogens is 370 g/mol. The highest BCUT2D eigenvalue weighted by molar-refractivity contribution is 6.46. The molecule has 3 atom stereocenters. The molecular formula is C23H30ClN3O. The molecule has 0 N–H and O–H groups in total. The van der Waals surface area contributed by atoms with Crippen LogP contribution in [0.1, 0.15) is 53.4 Å². The van der Waals surface area contributed by atoms with Crippen molar-refractivity contribution in [3.63, 3.8) is 0 Å². The third-order valence-corrected chi connectivity index (χ3v) is 6.60. The highest BCUT2D eigenvalue weighted by atomic mass is 35.5. The van der Waals surface area contributed by atoms with Gasteiger partial charge in [-0.15, -0.1) is 0 Å². The summed E-state index contributed by atoms with van der Waals surface area (Å²) in [5.74, 6) is 3.59. The number of hydrogen-bond donors (Lipinski definition) is 0. The predicted molar refractivity (Wildman–Crippen MR) is 118 cm³/mol. The van der Waals surface area contributed by atoms with Crippen LogP contribution in [0.15, 0.2) is 40.0 Å². The van der Waals surface area contributed by atoms with Gasteiger partial charge in [-0.05, 0) is 68.2 Å². The maximum atomic E-state index is 6.31. The van der Waals surface area contributed by atoms with Crippen LogP contribution in [0.2, 0.25) is 5.02 Å². The lowest BCUT2D eigenvalue weighted by Crippen LogP contribution is -2.41. The highest BCUT2D eigenvalue weighted by Crippen LogP contribution is 2.38. The molecule has 4 rings (SSSR count). The van der Waals surface area contributed by atoms with Crippen molar-refractivity contribution in [2.24, 2.45) is 27.7 Å². The van der Waals surface area contributed by atoms with Crippen molar-refractivity contribution in [1.29, 1.82) is 0 Å². The van der Waals surface area contributed by atoms with Gasteiger partial charge in [0.25, 0.3) is 5.90 Å². The number of rotatable bonds is 3. The van der Waals surface area contributed by atoms with Gasteiger partial charge in [-0.25, -0.2) is 4.99 Å². The fraction of sp³-hybridized carbons (Fsp3) is 0.565. The molecule has 1 fully saturated rings. The Morgan fingerprint density at radius 1 is 1.29 bits per heavy atom. The summed E-state index contributed by atoms with van der Waals surface area (Å²) in [6, 6.07) is 5.90. The molecule has 1 saturated carbocycles. The molecule has 0 amide bonds. The molecule has 0 bridgehead atoms. The topological polar surface area (TPSA) is 37.2 Å². The summed E-state index contributed by atoms with van der Waals surface area (Å²) in [5, 5.41) is 0.698. The molecule has 0 radical (unpaired) electrons. The highest BCUT2D eigenvalue weighted by Gasteiger charge is 2.32. The number of nitrogens with zero attached hydrogens (tertiary/aromatic N) is 3. The Morgan fingerprint density at radius 3 is 2.89 bits per heavy atom. The van der Waals surface area contributed by atoms with Crippen LogP contribution in [0.25, 0.3) is 0 Å². The number of fused-ring (bicyclic) bond motifs is 3.